The maximum Gasteiger partial charge on any atom is 0.265 e. The molecule has 0 bridgehead atoms. The molecule has 0 fully saturated rings. The van der Waals surface area contributed by atoms with Crippen LogP contribution in [0.3, 0.4) is 0 Å². The van der Waals surface area contributed by atoms with E-state index >= 15 is 0 Å². The standard InChI is InChI=1S/C14H24N4O2S/c1-5-6-8-20-9-7-16-12(19)10-11(15)17-13(21-10)18-14(2,3)4/h5H,1,6-9,15H2,2-4H3,(H,16,19)(H,17,18). The average molecular weight is 312 g/mol. The van der Waals surface area contributed by atoms with E-state index in [-0.39, 0.29) is 17.3 Å². The number of amides is 1. The van der Waals surface area contributed by atoms with Crippen LogP contribution in [-0.2, 0) is 4.74 Å². The van der Waals surface area contributed by atoms with Gasteiger partial charge in [-0.3, -0.25) is 4.79 Å². The first-order valence-electron chi connectivity index (χ1n) is 6.85. The Labute approximate surface area is 129 Å². The second-order valence-electron chi connectivity index (χ2n) is 5.55. The van der Waals surface area contributed by atoms with E-state index in [0.29, 0.717) is 29.8 Å². The molecule has 0 aliphatic rings. The number of aromatic nitrogens is 1. The fourth-order valence-electron chi connectivity index (χ4n) is 1.45. The zero-order valence-electron chi connectivity index (χ0n) is 12.9. The van der Waals surface area contributed by atoms with E-state index in [4.69, 9.17) is 10.5 Å². The molecule has 21 heavy (non-hydrogen) atoms. The van der Waals surface area contributed by atoms with Crippen molar-refractivity contribution in [1.29, 1.82) is 0 Å². The van der Waals surface area contributed by atoms with Crippen LogP contribution in [-0.4, -0.2) is 36.2 Å². The molecule has 4 N–H and O–H groups in total. The number of nitrogen functional groups attached to an aromatic ring is 1. The van der Waals surface area contributed by atoms with E-state index in [2.05, 4.69) is 22.2 Å². The van der Waals surface area contributed by atoms with Crippen LogP contribution < -0.4 is 16.4 Å². The maximum absolute atomic E-state index is 12.0. The summed E-state index contributed by atoms with van der Waals surface area (Å²) >= 11 is 1.25. The third-order valence-corrected chi connectivity index (χ3v) is 3.33. The lowest BCUT2D eigenvalue weighted by Gasteiger charge is -2.19. The van der Waals surface area contributed by atoms with E-state index in [1.165, 1.54) is 11.3 Å². The van der Waals surface area contributed by atoms with Crippen LogP contribution in [0.2, 0.25) is 0 Å². The summed E-state index contributed by atoms with van der Waals surface area (Å²) < 4.78 is 5.32. The molecule has 0 aliphatic carbocycles. The molecular formula is C14H24N4O2S. The van der Waals surface area contributed by atoms with Crippen molar-refractivity contribution in [2.24, 2.45) is 0 Å². The summed E-state index contributed by atoms with van der Waals surface area (Å²) in [6.45, 7) is 11.2. The minimum Gasteiger partial charge on any atom is -0.382 e. The van der Waals surface area contributed by atoms with Crippen molar-refractivity contribution in [1.82, 2.24) is 10.3 Å². The number of anilines is 2. The molecule has 6 nitrogen and oxygen atoms in total. The minimum absolute atomic E-state index is 0.128. The summed E-state index contributed by atoms with van der Waals surface area (Å²) in [6, 6.07) is 0. The maximum atomic E-state index is 12.0. The van der Waals surface area contributed by atoms with Crippen LogP contribution in [0.25, 0.3) is 0 Å². The van der Waals surface area contributed by atoms with Crippen molar-refractivity contribution in [3.05, 3.63) is 17.5 Å². The smallest absolute Gasteiger partial charge is 0.265 e. The Balaban J connectivity index is 2.45. The summed E-state index contributed by atoms with van der Waals surface area (Å²) in [7, 11) is 0. The molecule has 1 aromatic heterocycles. The van der Waals surface area contributed by atoms with Crippen molar-refractivity contribution in [2.45, 2.75) is 32.7 Å². The number of rotatable bonds is 8. The van der Waals surface area contributed by atoms with E-state index in [1.807, 2.05) is 20.8 Å². The molecule has 0 aliphatic heterocycles. The van der Waals surface area contributed by atoms with Crippen LogP contribution in [0.4, 0.5) is 10.9 Å². The molecule has 0 radical (unpaired) electrons. The van der Waals surface area contributed by atoms with Crippen molar-refractivity contribution < 1.29 is 9.53 Å². The SMILES string of the molecule is C=CCCOCCNC(=O)c1sc(NC(C)(C)C)nc1N. The van der Waals surface area contributed by atoms with Crippen molar-refractivity contribution in [3.8, 4) is 0 Å². The molecule has 7 heteroatoms. The predicted octanol–water partition coefficient (Wildman–Crippen LogP) is 2.26. The van der Waals surface area contributed by atoms with Gasteiger partial charge in [-0.25, -0.2) is 4.98 Å². The second kappa shape index (κ2) is 7.99. The predicted molar refractivity (Wildman–Crippen MR) is 87.9 cm³/mol. The summed E-state index contributed by atoms with van der Waals surface area (Å²) in [5, 5.41) is 6.61. The Morgan fingerprint density at radius 1 is 1.48 bits per heavy atom. The molecule has 0 unspecified atom stereocenters. The van der Waals surface area contributed by atoms with Gasteiger partial charge >= 0.3 is 0 Å². The van der Waals surface area contributed by atoms with Crippen molar-refractivity contribution in [2.75, 3.05) is 30.8 Å². The highest BCUT2D eigenvalue weighted by Crippen LogP contribution is 2.26. The number of hydrogen-bond donors (Lipinski definition) is 3. The van der Waals surface area contributed by atoms with Gasteiger partial charge in [0.2, 0.25) is 0 Å². The number of nitrogens with one attached hydrogen (secondary N) is 2. The highest BCUT2D eigenvalue weighted by atomic mass is 32.1. The minimum atomic E-state index is -0.223. The van der Waals surface area contributed by atoms with Gasteiger partial charge in [0.25, 0.3) is 5.91 Å². The van der Waals surface area contributed by atoms with E-state index in [0.717, 1.165) is 6.42 Å². The van der Waals surface area contributed by atoms with Crippen LogP contribution >= 0.6 is 11.3 Å². The van der Waals surface area contributed by atoms with Gasteiger partial charge in [-0.15, -0.1) is 6.58 Å². The number of nitrogens with zero attached hydrogens (tertiary/aromatic N) is 1. The van der Waals surface area contributed by atoms with Crippen LogP contribution in [0, 0.1) is 0 Å². The van der Waals surface area contributed by atoms with E-state index in [9.17, 15) is 4.79 Å². The topological polar surface area (TPSA) is 89.3 Å². The zero-order chi connectivity index (χ0) is 15.9. The quantitative estimate of drug-likeness (QED) is 0.506. The largest absolute Gasteiger partial charge is 0.382 e. The number of thiazole rings is 1. The fraction of sp³-hybridized carbons (Fsp3) is 0.571. The van der Waals surface area contributed by atoms with Gasteiger partial charge in [0.05, 0.1) is 13.2 Å². The molecule has 1 amide bonds. The first-order valence-corrected chi connectivity index (χ1v) is 7.66. The summed E-state index contributed by atoms with van der Waals surface area (Å²) in [5.41, 5.74) is 5.66. The number of nitrogens with two attached hydrogens (primary N) is 1. The molecule has 0 aromatic carbocycles. The highest BCUT2D eigenvalue weighted by molar-refractivity contribution is 7.18. The molecular weight excluding hydrogens is 288 g/mol. The Morgan fingerprint density at radius 2 is 2.19 bits per heavy atom. The molecule has 0 saturated heterocycles. The Kier molecular flexibility index (Phi) is 6.64. The summed E-state index contributed by atoms with van der Waals surface area (Å²) in [6.07, 6.45) is 2.60. The third-order valence-electron chi connectivity index (χ3n) is 2.34. The monoisotopic (exact) mass is 312 g/mol. The zero-order valence-corrected chi connectivity index (χ0v) is 13.7. The number of ether oxygens (including phenoxy) is 1. The fourth-order valence-corrected chi connectivity index (χ4v) is 2.46. The van der Waals surface area contributed by atoms with Crippen LogP contribution in [0.15, 0.2) is 12.7 Å². The van der Waals surface area contributed by atoms with Crippen LogP contribution in [0.1, 0.15) is 36.9 Å². The Morgan fingerprint density at radius 3 is 2.81 bits per heavy atom. The van der Waals surface area contributed by atoms with Gasteiger partial charge in [-0.2, -0.15) is 0 Å². The normalized spacial score (nSPS) is 11.2. The van der Waals surface area contributed by atoms with Gasteiger partial charge < -0.3 is 21.1 Å². The van der Waals surface area contributed by atoms with E-state index < -0.39 is 0 Å². The lowest BCUT2D eigenvalue weighted by molar-refractivity contribution is 0.0922. The van der Waals surface area contributed by atoms with Crippen molar-refractivity contribution >= 4 is 28.2 Å². The summed E-state index contributed by atoms with van der Waals surface area (Å²) in [5.74, 6) is 0.0242. The van der Waals surface area contributed by atoms with Gasteiger partial charge in [0.1, 0.15) is 10.7 Å². The molecule has 0 spiro atoms. The Bertz CT molecular complexity index is 480. The van der Waals surface area contributed by atoms with Gasteiger partial charge in [-0.05, 0) is 27.2 Å². The highest BCUT2D eigenvalue weighted by Gasteiger charge is 2.18. The molecule has 0 atom stereocenters. The molecule has 118 valence electrons. The molecule has 1 heterocycles. The first kappa shape index (κ1) is 17.5. The second-order valence-corrected chi connectivity index (χ2v) is 6.55. The van der Waals surface area contributed by atoms with Gasteiger partial charge in [-0.1, -0.05) is 17.4 Å². The average Bonchev–Trinajstić information content (AvgIpc) is 2.72. The Hall–Kier alpha value is -1.60. The van der Waals surface area contributed by atoms with Crippen molar-refractivity contribution in [3.63, 3.8) is 0 Å². The molecule has 1 aromatic rings. The third kappa shape index (κ3) is 6.59. The lowest BCUT2D eigenvalue weighted by atomic mass is 10.1. The van der Waals surface area contributed by atoms with Gasteiger partial charge in [0, 0.05) is 12.1 Å². The van der Waals surface area contributed by atoms with E-state index in [1.54, 1.807) is 6.08 Å². The molecule has 1 rings (SSSR count). The number of carbonyl (C=O) groups is 1. The number of carbonyl (C=O) groups excluding carboxylic acids is 1. The molecule has 0 saturated carbocycles. The van der Waals surface area contributed by atoms with Gasteiger partial charge in [0.15, 0.2) is 5.13 Å². The first-order chi connectivity index (χ1) is 9.83. The number of hydrogen-bond acceptors (Lipinski definition) is 6. The lowest BCUT2D eigenvalue weighted by Crippen LogP contribution is -2.27. The van der Waals surface area contributed by atoms with Crippen LogP contribution in [0.5, 0.6) is 0 Å². The summed E-state index contributed by atoms with van der Waals surface area (Å²) in [4.78, 5) is 16.6.